The van der Waals surface area contributed by atoms with Gasteiger partial charge in [-0.3, -0.25) is 14.5 Å². The monoisotopic (exact) mass is 421 g/mol. The van der Waals surface area contributed by atoms with Crippen LogP contribution in [0.3, 0.4) is 0 Å². The van der Waals surface area contributed by atoms with E-state index < -0.39 is 21.4 Å². The number of amides is 3. The Bertz CT molecular complexity index is 988. The quantitative estimate of drug-likeness (QED) is 0.590. The molecular formula is C20H27N3O5S. The van der Waals surface area contributed by atoms with Gasteiger partial charge in [0, 0.05) is 23.0 Å². The first-order valence-electron chi connectivity index (χ1n) is 10.2. The highest BCUT2D eigenvalue weighted by molar-refractivity contribution is 7.91. The first-order valence-corrected chi connectivity index (χ1v) is 12.0. The summed E-state index contributed by atoms with van der Waals surface area (Å²) in [6.07, 6.45) is 4.59. The summed E-state index contributed by atoms with van der Waals surface area (Å²) in [4.78, 5) is 39.4. The lowest BCUT2D eigenvalue weighted by Gasteiger charge is -2.30. The maximum absolute atomic E-state index is 13.0. The summed E-state index contributed by atoms with van der Waals surface area (Å²) in [5.41, 5.74) is 1.10. The molecular weight excluding hydrogens is 394 g/mol. The SMILES string of the molecule is Cc1cc(C(=O)CN2C(=O)NC3(CCCCC3)C2=O)c(C)n1[C@@H]1CCS(=O)(=O)C1. The lowest BCUT2D eigenvalue weighted by molar-refractivity contribution is -0.132. The van der Waals surface area contributed by atoms with Crippen molar-refractivity contribution in [2.24, 2.45) is 0 Å². The number of rotatable bonds is 4. The molecule has 0 unspecified atom stereocenters. The Balaban J connectivity index is 1.54. The average molecular weight is 422 g/mol. The number of sulfone groups is 1. The number of hydrogen-bond donors (Lipinski definition) is 1. The molecule has 3 amide bonds. The smallest absolute Gasteiger partial charge is 0.325 e. The number of urea groups is 1. The van der Waals surface area contributed by atoms with Crippen molar-refractivity contribution in [3.8, 4) is 0 Å². The molecule has 1 atom stereocenters. The Morgan fingerprint density at radius 3 is 2.52 bits per heavy atom. The van der Waals surface area contributed by atoms with E-state index in [1.54, 1.807) is 13.0 Å². The molecule has 1 N–H and O–H groups in total. The van der Waals surface area contributed by atoms with Gasteiger partial charge in [-0.15, -0.1) is 0 Å². The highest BCUT2D eigenvalue weighted by atomic mass is 32.2. The van der Waals surface area contributed by atoms with Crippen molar-refractivity contribution in [1.82, 2.24) is 14.8 Å². The average Bonchev–Trinajstić information content (AvgIpc) is 3.23. The van der Waals surface area contributed by atoms with Crippen molar-refractivity contribution in [2.75, 3.05) is 18.1 Å². The number of Topliss-reactive ketones (excluding diaryl/α,β-unsaturated/α-hetero) is 1. The third-order valence-electron chi connectivity index (χ3n) is 6.61. The zero-order chi connectivity index (χ0) is 21.0. The third kappa shape index (κ3) is 3.39. The number of ketones is 1. The lowest BCUT2D eigenvalue weighted by Crippen LogP contribution is -2.48. The zero-order valence-electron chi connectivity index (χ0n) is 16.9. The highest BCUT2D eigenvalue weighted by Gasteiger charge is 2.51. The van der Waals surface area contributed by atoms with Crippen LogP contribution in [0, 0.1) is 13.8 Å². The summed E-state index contributed by atoms with van der Waals surface area (Å²) in [7, 11) is -3.05. The fourth-order valence-corrected chi connectivity index (χ4v) is 6.84. The predicted octanol–water partition coefficient (Wildman–Crippen LogP) is 1.90. The first-order chi connectivity index (χ1) is 13.6. The number of imide groups is 1. The van der Waals surface area contributed by atoms with Gasteiger partial charge in [-0.1, -0.05) is 19.3 Å². The van der Waals surface area contributed by atoms with Gasteiger partial charge in [0.2, 0.25) is 0 Å². The molecule has 158 valence electrons. The van der Waals surface area contributed by atoms with Gasteiger partial charge >= 0.3 is 6.03 Å². The van der Waals surface area contributed by atoms with Gasteiger partial charge in [0.05, 0.1) is 18.1 Å². The first kappa shape index (κ1) is 20.1. The van der Waals surface area contributed by atoms with Gasteiger partial charge in [0.1, 0.15) is 5.54 Å². The Labute approximate surface area is 170 Å². The number of carbonyl (C=O) groups excluding carboxylic acids is 3. The van der Waals surface area contributed by atoms with Gasteiger partial charge in [0.15, 0.2) is 15.6 Å². The molecule has 0 bridgehead atoms. The largest absolute Gasteiger partial charge is 0.344 e. The minimum Gasteiger partial charge on any atom is -0.344 e. The Morgan fingerprint density at radius 2 is 1.90 bits per heavy atom. The molecule has 1 saturated carbocycles. The van der Waals surface area contributed by atoms with Crippen LogP contribution >= 0.6 is 0 Å². The summed E-state index contributed by atoms with van der Waals surface area (Å²) in [5.74, 6) is -0.373. The fraction of sp³-hybridized carbons (Fsp3) is 0.650. The maximum atomic E-state index is 13.0. The molecule has 1 aliphatic carbocycles. The summed E-state index contributed by atoms with van der Waals surface area (Å²) in [6.45, 7) is 3.35. The zero-order valence-corrected chi connectivity index (χ0v) is 17.7. The molecule has 1 aromatic heterocycles. The molecule has 3 aliphatic rings. The normalized spacial score (nSPS) is 25.6. The van der Waals surface area contributed by atoms with E-state index in [9.17, 15) is 22.8 Å². The van der Waals surface area contributed by atoms with Gasteiger partial charge in [-0.25, -0.2) is 13.2 Å². The Kier molecular flexibility index (Phi) is 4.83. The molecule has 29 heavy (non-hydrogen) atoms. The molecule has 1 spiro atoms. The molecule has 3 heterocycles. The molecule has 1 aromatic rings. The highest BCUT2D eigenvalue weighted by Crippen LogP contribution is 2.34. The van der Waals surface area contributed by atoms with Crippen LogP contribution in [0.1, 0.15) is 66.3 Å². The van der Waals surface area contributed by atoms with Crippen LogP contribution in [-0.4, -0.2) is 59.2 Å². The van der Waals surface area contributed by atoms with Crippen LogP contribution in [-0.2, 0) is 14.6 Å². The van der Waals surface area contributed by atoms with Crippen molar-refractivity contribution in [3.05, 3.63) is 23.0 Å². The van der Waals surface area contributed by atoms with Crippen LogP contribution in [0.25, 0.3) is 0 Å². The van der Waals surface area contributed by atoms with E-state index in [-0.39, 0.29) is 35.8 Å². The van der Waals surface area contributed by atoms with E-state index in [0.717, 1.165) is 29.9 Å². The molecule has 0 radical (unpaired) electrons. The van der Waals surface area contributed by atoms with E-state index in [4.69, 9.17) is 0 Å². The lowest BCUT2D eigenvalue weighted by atomic mass is 9.82. The minimum atomic E-state index is -3.05. The second kappa shape index (κ2) is 6.97. The number of aromatic nitrogens is 1. The summed E-state index contributed by atoms with van der Waals surface area (Å²) in [6, 6.07) is 1.06. The van der Waals surface area contributed by atoms with Crippen molar-refractivity contribution < 1.29 is 22.8 Å². The number of hydrogen-bond acceptors (Lipinski definition) is 5. The molecule has 2 aliphatic heterocycles. The molecule has 0 aromatic carbocycles. The van der Waals surface area contributed by atoms with Gasteiger partial charge in [0.25, 0.3) is 5.91 Å². The summed E-state index contributed by atoms with van der Waals surface area (Å²) in [5, 5.41) is 2.82. The van der Waals surface area contributed by atoms with Crippen LogP contribution in [0.4, 0.5) is 4.79 Å². The topological polar surface area (TPSA) is 106 Å². The Morgan fingerprint density at radius 1 is 1.21 bits per heavy atom. The molecule has 2 saturated heterocycles. The van der Waals surface area contributed by atoms with Gasteiger partial charge < -0.3 is 9.88 Å². The number of nitrogens with one attached hydrogen (secondary N) is 1. The summed E-state index contributed by atoms with van der Waals surface area (Å²) < 4.78 is 25.6. The van der Waals surface area contributed by atoms with Crippen LogP contribution in [0.5, 0.6) is 0 Å². The van der Waals surface area contributed by atoms with E-state index >= 15 is 0 Å². The summed E-state index contributed by atoms with van der Waals surface area (Å²) >= 11 is 0. The Hall–Kier alpha value is -2.16. The standard InChI is InChI=1S/C20H27N3O5S/c1-13-10-16(14(2)23(13)15-6-9-29(27,28)12-15)17(24)11-22-18(25)20(21-19(22)26)7-4-3-5-8-20/h10,15H,3-9,11-12H2,1-2H3,(H,21,26)/t15-/m1/s1. The molecule has 9 heteroatoms. The molecule has 8 nitrogen and oxygen atoms in total. The van der Waals surface area contributed by atoms with Crippen molar-refractivity contribution in [2.45, 2.75) is 64.0 Å². The number of carbonyl (C=O) groups is 3. The second-order valence-corrected chi connectivity index (χ2v) is 10.8. The third-order valence-corrected chi connectivity index (χ3v) is 8.36. The molecule has 4 rings (SSSR count). The minimum absolute atomic E-state index is 0.0759. The van der Waals surface area contributed by atoms with Crippen LogP contribution in [0.2, 0.25) is 0 Å². The number of nitrogens with zero attached hydrogens (tertiary/aromatic N) is 2. The van der Waals surface area contributed by atoms with Crippen molar-refractivity contribution >= 4 is 27.6 Å². The van der Waals surface area contributed by atoms with E-state index in [0.29, 0.717) is 30.5 Å². The van der Waals surface area contributed by atoms with E-state index in [1.807, 2.05) is 11.5 Å². The second-order valence-electron chi connectivity index (χ2n) is 8.60. The van der Waals surface area contributed by atoms with E-state index in [2.05, 4.69) is 5.32 Å². The number of aryl methyl sites for hydroxylation is 1. The van der Waals surface area contributed by atoms with Crippen molar-refractivity contribution in [1.29, 1.82) is 0 Å². The maximum Gasteiger partial charge on any atom is 0.325 e. The van der Waals surface area contributed by atoms with Crippen molar-refractivity contribution in [3.63, 3.8) is 0 Å². The fourth-order valence-electron chi connectivity index (χ4n) is 5.14. The molecule has 3 fully saturated rings. The predicted molar refractivity (Wildman–Crippen MR) is 107 cm³/mol. The van der Waals surface area contributed by atoms with Crippen LogP contribution < -0.4 is 5.32 Å². The van der Waals surface area contributed by atoms with Gasteiger partial charge in [-0.2, -0.15) is 0 Å². The van der Waals surface area contributed by atoms with Crippen LogP contribution in [0.15, 0.2) is 6.07 Å². The van der Waals surface area contributed by atoms with Gasteiger partial charge in [-0.05, 0) is 39.2 Å². The van der Waals surface area contributed by atoms with E-state index in [1.165, 1.54) is 0 Å².